The minimum absolute atomic E-state index is 0.245. The molecule has 0 aromatic carbocycles. The molecule has 1 saturated heterocycles. The molecule has 1 aliphatic carbocycles. The van der Waals surface area contributed by atoms with Crippen LogP contribution in [0.3, 0.4) is 0 Å². The van der Waals surface area contributed by atoms with Gasteiger partial charge >= 0.3 is 0 Å². The maximum absolute atomic E-state index is 5.35. The lowest BCUT2D eigenvalue weighted by Crippen LogP contribution is -2.40. The Labute approximate surface area is 104 Å². The summed E-state index contributed by atoms with van der Waals surface area (Å²) >= 11 is 0. The summed E-state index contributed by atoms with van der Waals surface area (Å²) in [6.07, 6.45) is 10.4. The molecule has 0 aromatic rings. The topological polar surface area (TPSA) is 45.6 Å². The van der Waals surface area contributed by atoms with E-state index in [9.17, 15) is 0 Å². The fourth-order valence-corrected chi connectivity index (χ4v) is 2.66. The zero-order valence-corrected chi connectivity index (χ0v) is 10.9. The van der Waals surface area contributed by atoms with Crippen LogP contribution in [0, 0.1) is 0 Å². The smallest absolute Gasteiger partial charge is 0.286 e. The molecule has 0 spiro atoms. The van der Waals surface area contributed by atoms with Crippen LogP contribution in [0.25, 0.3) is 0 Å². The second-order valence-electron chi connectivity index (χ2n) is 5.08. The van der Waals surface area contributed by atoms with E-state index in [0.29, 0.717) is 6.04 Å². The number of nitrogens with zero attached hydrogens (tertiary/aromatic N) is 1. The number of piperidine rings is 1. The highest BCUT2D eigenvalue weighted by Crippen LogP contribution is 2.17. The van der Waals surface area contributed by atoms with Crippen molar-refractivity contribution in [3.05, 3.63) is 0 Å². The predicted molar refractivity (Wildman–Crippen MR) is 70.1 cm³/mol. The van der Waals surface area contributed by atoms with Gasteiger partial charge in [0.15, 0.2) is 0 Å². The quantitative estimate of drug-likeness (QED) is 0.572. The Kier molecular flexibility index (Phi) is 5.10. The molecule has 1 saturated carbocycles. The minimum Gasteiger partial charge on any atom is -0.469 e. The van der Waals surface area contributed by atoms with Gasteiger partial charge in [0.1, 0.15) is 6.17 Å². The van der Waals surface area contributed by atoms with Crippen molar-refractivity contribution >= 4 is 6.02 Å². The molecular weight excluding hydrogens is 214 g/mol. The van der Waals surface area contributed by atoms with Crippen LogP contribution in [0.15, 0.2) is 4.99 Å². The molecule has 0 bridgehead atoms. The highest BCUT2D eigenvalue weighted by Gasteiger charge is 2.17. The maximum atomic E-state index is 5.35. The van der Waals surface area contributed by atoms with E-state index in [-0.39, 0.29) is 6.17 Å². The molecule has 1 heterocycles. The largest absolute Gasteiger partial charge is 0.469 e. The van der Waals surface area contributed by atoms with Crippen LogP contribution in [0.2, 0.25) is 0 Å². The first kappa shape index (κ1) is 12.7. The molecular formula is C13H25N3O. The second-order valence-corrected chi connectivity index (χ2v) is 5.08. The van der Waals surface area contributed by atoms with Gasteiger partial charge in [-0.25, -0.2) is 4.99 Å². The minimum atomic E-state index is 0.245. The van der Waals surface area contributed by atoms with Crippen molar-refractivity contribution in [1.29, 1.82) is 0 Å². The van der Waals surface area contributed by atoms with Crippen LogP contribution in [-0.2, 0) is 4.74 Å². The first-order chi connectivity index (χ1) is 8.38. The molecule has 0 amide bonds. The van der Waals surface area contributed by atoms with Crippen molar-refractivity contribution in [2.75, 3.05) is 13.7 Å². The van der Waals surface area contributed by atoms with Gasteiger partial charge < -0.3 is 10.1 Å². The summed E-state index contributed by atoms with van der Waals surface area (Å²) in [6.45, 7) is 1.08. The van der Waals surface area contributed by atoms with Crippen LogP contribution in [0.1, 0.15) is 51.4 Å². The van der Waals surface area contributed by atoms with Crippen LogP contribution >= 0.6 is 0 Å². The number of hydrogen-bond acceptors (Lipinski definition) is 3. The lowest BCUT2D eigenvalue weighted by Gasteiger charge is -2.25. The number of amidine groups is 1. The summed E-state index contributed by atoms with van der Waals surface area (Å²) in [5.74, 6) is 0. The van der Waals surface area contributed by atoms with Crippen molar-refractivity contribution in [2.45, 2.75) is 63.6 Å². The predicted octanol–water partition coefficient (Wildman–Crippen LogP) is 2.01. The molecule has 98 valence electrons. The molecule has 0 aromatic heterocycles. The Morgan fingerprint density at radius 1 is 1.12 bits per heavy atom. The third-order valence-corrected chi connectivity index (χ3v) is 3.68. The number of hydrogen-bond donors (Lipinski definition) is 2. The average molecular weight is 239 g/mol. The normalized spacial score (nSPS) is 27.8. The molecule has 4 nitrogen and oxygen atoms in total. The standard InChI is InChI=1S/C13H25N3O/c1-17-13(15-11-7-3-2-4-8-11)16-12-9-5-6-10-14-12/h11-12,14H,2-10H2,1H3,(H,15,16). The summed E-state index contributed by atoms with van der Waals surface area (Å²) in [4.78, 5) is 4.62. The number of ether oxygens (including phenoxy) is 1. The van der Waals surface area contributed by atoms with Gasteiger partial charge in [0.25, 0.3) is 6.02 Å². The van der Waals surface area contributed by atoms with E-state index in [4.69, 9.17) is 4.74 Å². The SMILES string of the molecule is CO/C(=N\C1CCCCN1)NC1CCCCC1. The monoisotopic (exact) mass is 239 g/mol. The Hall–Kier alpha value is -0.770. The van der Waals surface area contributed by atoms with Crippen LogP contribution in [-0.4, -0.2) is 31.9 Å². The van der Waals surface area contributed by atoms with Gasteiger partial charge in [0.05, 0.1) is 7.11 Å². The van der Waals surface area contributed by atoms with Crippen molar-refractivity contribution in [1.82, 2.24) is 10.6 Å². The molecule has 1 atom stereocenters. The lowest BCUT2D eigenvalue weighted by atomic mass is 9.96. The number of methoxy groups -OCH3 is 1. The van der Waals surface area contributed by atoms with Gasteiger partial charge in [-0.05, 0) is 38.6 Å². The Balaban J connectivity index is 1.83. The summed E-state index contributed by atoms with van der Waals surface area (Å²) in [5, 5.41) is 6.85. The Morgan fingerprint density at radius 2 is 1.88 bits per heavy atom. The molecule has 17 heavy (non-hydrogen) atoms. The summed E-state index contributed by atoms with van der Waals surface area (Å²) in [6, 6.07) is 1.28. The van der Waals surface area contributed by atoms with Crippen LogP contribution in [0.5, 0.6) is 0 Å². The second kappa shape index (κ2) is 6.84. The van der Waals surface area contributed by atoms with Gasteiger partial charge in [-0.15, -0.1) is 0 Å². The zero-order chi connectivity index (χ0) is 11.9. The summed E-state index contributed by atoms with van der Waals surface area (Å²) in [5.41, 5.74) is 0. The molecule has 2 fully saturated rings. The van der Waals surface area contributed by atoms with E-state index in [1.165, 1.54) is 44.9 Å². The fourth-order valence-electron chi connectivity index (χ4n) is 2.66. The van der Waals surface area contributed by atoms with Crippen molar-refractivity contribution in [3.63, 3.8) is 0 Å². The highest BCUT2D eigenvalue weighted by atomic mass is 16.5. The average Bonchev–Trinajstić information content (AvgIpc) is 2.40. The van der Waals surface area contributed by atoms with Crippen LogP contribution in [0.4, 0.5) is 0 Å². The molecule has 2 rings (SSSR count). The van der Waals surface area contributed by atoms with Crippen molar-refractivity contribution in [3.8, 4) is 0 Å². The van der Waals surface area contributed by atoms with Gasteiger partial charge in [-0.1, -0.05) is 19.3 Å². The van der Waals surface area contributed by atoms with Crippen LogP contribution < -0.4 is 10.6 Å². The molecule has 1 unspecified atom stereocenters. The van der Waals surface area contributed by atoms with E-state index in [0.717, 1.165) is 19.0 Å². The Morgan fingerprint density at radius 3 is 2.53 bits per heavy atom. The summed E-state index contributed by atoms with van der Waals surface area (Å²) in [7, 11) is 1.71. The molecule has 0 radical (unpaired) electrons. The van der Waals surface area contributed by atoms with E-state index in [1.54, 1.807) is 7.11 Å². The molecule has 2 aliphatic rings. The third-order valence-electron chi connectivity index (χ3n) is 3.68. The number of nitrogens with one attached hydrogen (secondary N) is 2. The molecule has 4 heteroatoms. The first-order valence-corrected chi connectivity index (χ1v) is 7.00. The van der Waals surface area contributed by atoms with E-state index >= 15 is 0 Å². The fraction of sp³-hybridized carbons (Fsp3) is 0.923. The zero-order valence-electron chi connectivity index (χ0n) is 10.9. The third kappa shape index (κ3) is 4.19. The maximum Gasteiger partial charge on any atom is 0.286 e. The van der Waals surface area contributed by atoms with Gasteiger partial charge in [-0.2, -0.15) is 0 Å². The van der Waals surface area contributed by atoms with E-state index in [2.05, 4.69) is 15.6 Å². The van der Waals surface area contributed by atoms with Gasteiger partial charge in [-0.3, -0.25) is 5.32 Å². The van der Waals surface area contributed by atoms with Gasteiger partial charge in [0, 0.05) is 6.04 Å². The number of aliphatic imine (C=N–C) groups is 1. The summed E-state index contributed by atoms with van der Waals surface area (Å²) < 4.78 is 5.35. The van der Waals surface area contributed by atoms with E-state index in [1.807, 2.05) is 0 Å². The highest BCUT2D eigenvalue weighted by molar-refractivity contribution is 5.73. The van der Waals surface area contributed by atoms with Crippen molar-refractivity contribution in [2.24, 2.45) is 4.99 Å². The van der Waals surface area contributed by atoms with Crippen molar-refractivity contribution < 1.29 is 4.74 Å². The van der Waals surface area contributed by atoms with E-state index < -0.39 is 0 Å². The Bertz CT molecular complexity index is 243. The number of rotatable bonds is 2. The van der Waals surface area contributed by atoms with Gasteiger partial charge in [0.2, 0.25) is 0 Å². The molecule has 2 N–H and O–H groups in total. The molecule has 1 aliphatic heterocycles. The lowest BCUT2D eigenvalue weighted by molar-refractivity contribution is 0.327. The first-order valence-electron chi connectivity index (χ1n) is 7.00.